The SMILES string of the molecule is CCC(C)(C)C1CCC2(CC1)CN=C(N)N2CC1CC1. The fourth-order valence-corrected chi connectivity index (χ4v) is 4.14. The molecule has 3 rings (SSSR count). The molecule has 2 N–H and O–H groups in total. The van der Waals surface area contributed by atoms with E-state index in [9.17, 15) is 0 Å². The molecule has 20 heavy (non-hydrogen) atoms. The van der Waals surface area contributed by atoms with Crippen molar-refractivity contribution >= 4 is 5.96 Å². The van der Waals surface area contributed by atoms with E-state index in [1.54, 1.807) is 0 Å². The largest absolute Gasteiger partial charge is 0.370 e. The van der Waals surface area contributed by atoms with Gasteiger partial charge in [0.25, 0.3) is 0 Å². The molecule has 0 amide bonds. The minimum atomic E-state index is 0.285. The summed E-state index contributed by atoms with van der Waals surface area (Å²) in [6, 6.07) is 0. The Bertz CT molecular complexity index is 387. The maximum atomic E-state index is 6.18. The van der Waals surface area contributed by atoms with Gasteiger partial charge in [-0.05, 0) is 55.8 Å². The van der Waals surface area contributed by atoms with E-state index < -0.39 is 0 Å². The van der Waals surface area contributed by atoms with Crippen LogP contribution in [0.2, 0.25) is 0 Å². The smallest absolute Gasteiger partial charge is 0.191 e. The minimum Gasteiger partial charge on any atom is -0.370 e. The first-order valence-electron chi connectivity index (χ1n) is 8.54. The first-order chi connectivity index (χ1) is 9.47. The van der Waals surface area contributed by atoms with Gasteiger partial charge < -0.3 is 10.6 Å². The fraction of sp³-hybridized carbons (Fsp3) is 0.941. The van der Waals surface area contributed by atoms with E-state index in [0.29, 0.717) is 5.41 Å². The first kappa shape index (κ1) is 14.2. The van der Waals surface area contributed by atoms with E-state index in [2.05, 4.69) is 30.7 Å². The van der Waals surface area contributed by atoms with E-state index in [4.69, 9.17) is 5.73 Å². The van der Waals surface area contributed by atoms with Gasteiger partial charge in [0.1, 0.15) is 0 Å². The summed E-state index contributed by atoms with van der Waals surface area (Å²) in [4.78, 5) is 7.09. The van der Waals surface area contributed by atoms with Crippen molar-refractivity contribution < 1.29 is 0 Å². The molecular formula is C17H31N3. The van der Waals surface area contributed by atoms with Crippen molar-refractivity contribution in [3.05, 3.63) is 0 Å². The molecule has 0 bridgehead atoms. The molecule has 2 fully saturated rings. The first-order valence-corrected chi connectivity index (χ1v) is 8.54. The molecule has 2 saturated carbocycles. The molecule has 0 atom stereocenters. The lowest BCUT2D eigenvalue weighted by molar-refractivity contribution is 0.0629. The summed E-state index contributed by atoms with van der Waals surface area (Å²) in [6.07, 6.45) is 9.36. The van der Waals surface area contributed by atoms with Crippen LogP contribution in [0.4, 0.5) is 0 Å². The second-order valence-electron chi connectivity index (χ2n) is 8.07. The number of guanidine groups is 1. The van der Waals surface area contributed by atoms with Crippen molar-refractivity contribution in [2.75, 3.05) is 13.1 Å². The number of nitrogens with two attached hydrogens (primary N) is 1. The lowest BCUT2D eigenvalue weighted by atomic mass is 9.65. The predicted octanol–water partition coefficient (Wildman–Crippen LogP) is 3.39. The molecule has 0 saturated heterocycles. The molecule has 0 aromatic carbocycles. The number of hydrogen-bond acceptors (Lipinski definition) is 3. The zero-order chi connectivity index (χ0) is 14.4. The Morgan fingerprint density at radius 1 is 1.25 bits per heavy atom. The molecule has 0 aromatic rings. The Balaban J connectivity index is 1.66. The Morgan fingerprint density at radius 3 is 2.45 bits per heavy atom. The third kappa shape index (κ3) is 2.44. The minimum absolute atomic E-state index is 0.285. The van der Waals surface area contributed by atoms with Gasteiger partial charge in [0.2, 0.25) is 0 Å². The summed E-state index contributed by atoms with van der Waals surface area (Å²) < 4.78 is 0. The molecule has 1 aliphatic heterocycles. The normalized spacial score (nSPS) is 34.6. The zero-order valence-corrected chi connectivity index (χ0v) is 13.5. The van der Waals surface area contributed by atoms with Gasteiger partial charge >= 0.3 is 0 Å². The van der Waals surface area contributed by atoms with Crippen molar-refractivity contribution in [3.63, 3.8) is 0 Å². The van der Waals surface area contributed by atoms with Crippen molar-refractivity contribution in [1.29, 1.82) is 0 Å². The molecule has 1 heterocycles. The maximum absolute atomic E-state index is 6.18. The van der Waals surface area contributed by atoms with Crippen LogP contribution in [0.1, 0.15) is 65.7 Å². The highest BCUT2D eigenvalue weighted by Crippen LogP contribution is 2.47. The van der Waals surface area contributed by atoms with Crippen LogP contribution < -0.4 is 5.73 Å². The van der Waals surface area contributed by atoms with Gasteiger partial charge in [0.15, 0.2) is 5.96 Å². The van der Waals surface area contributed by atoms with Crippen LogP contribution in [-0.4, -0.2) is 29.5 Å². The van der Waals surface area contributed by atoms with Gasteiger partial charge in [-0.2, -0.15) is 0 Å². The highest BCUT2D eigenvalue weighted by Gasteiger charge is 2.47. The Kier molecular flexibility index (Phi) is 3.50. The molecule has 0 aromatic heterocycles. The second-order valence-corrected chi connectivity index (χ2v) is 8.07. The molecule has 0 unspecified atom stereocenters. The van der Waals surface area contributed by atoms with Crippen LogP contribution in [0.5, 0.6) is 0 Å². The number of aliphatic imine (C=N–C) groups is 1. The highest BCUT2D eigenvalue weighted by molar-refractivity contribution is 5.81. The van der Waals surface area contributed by atoms with E-state index in [-0.39, 0.29) is 5.54 Å². The van der Waals surface area contributed by atoms with Crippen LogP contribution in [0.15, 0.2) is 4.99 Å². The topological polar surface area (TPSA) is 41.6 Å². The van der Waals surface area contributed by atoms with Crippen LogP contribution in [0.3, 0.4) is 0 Å². The Hall–Kier alpha value is -0.730. The summed E-state index contributed by atoms with van der Waals surface area (Å²) >= 11 is 0. The van der Waals surface area contributed by atoms with Crippen molar-refractivity contribution in [1.82, 2.24) is 4.90 Å². The lowest BCUT2D eigenvalue weighted by Gasteiger charge is -2.47. The maximum Gasteiger partial charge on any atom is 0.191 e. The van der Waals surface area contributed by atoms with Crippen molar-refractivity contribution in [2.24, 2.45) is 28.0 Å². The van der Waals surface area contributed by atoms with Gasteiger partial charge in [-0.3, -0.25) is 4.99 Å². The lowest BCUT2D eigenvalue weighted by Crippen LogP contribution is -2.54. The molecular weight excluding hydrogens is 246 g/mol. The van der Waals surface area contributed by atoms with Gasteiger partial charge in [-0.15, -0.1) is 0 Å². The average Bonchev–Trinajstić information content (AvgIpc) is 3.22. The summed E-state index contributed by atoms with van der Waals surface area (Å²) in [6.45, 7) is 9.33. The predicted molar refractivity (Wildman–Crippen MR) is 84.7 cm³/mol. The standard InChI is InChI=1S/C17H31N3/c1-4-16(2,3)14-7-9-17(10-8-14)12-19-15(18)20(17)11-13-5-6-13/h13-14H,4-12H2,1-3H3,(H2,18,19). The number of hydrogen-bond donors (Lipinski definition) is 1. The molecule has 1 spiro atoms. The summed E-state index contributed by atoms with van der Waals surface area (Å²) in [5, 5.41) is 0. The summed E-state index contributed by atoms with van der Waals surface area (Å²) in [5.74, 6) is 2.59. The third-order valence-electron chi connectivity index (χ3n) is 6.45. The summed E-state index contributed by atoms with van der Waals surface area (Å²) in [5.41, 5.74) is 6.96. The molecule has 3 aliphatic rings. The quantitative estimate of drug-likeness (QED) is 0.856. The van der Waals surface area contributed by atoms with Crippen LogP contribution in [0.25, 0.3) is 0 Å². The number of rotatable bonds is 4. The third-order valence-corrected chi connectivity index (χ3v) is 6.45. The van der Waals surface area contributed by atoms with Crippen molar-refractivity contribution in [2.45, 2.75) is 71.3 Å². The Labute approximate surface area is 124 Å². The van der Waals surface area contributed by atoms with E-state index >= 15 is 0 Å². The van der Waals surface area contributed by atoms with Gasteiger partial charge in [0.05, 0.1) is 12.1 Å². The number of nitrogens with zero attached hydrogens (tertiary/aromatic N) is 2. The Morgan fingerprint density at radius 2 is 1.90 bits per heavy atom. The monoisotopic (exact) mass is 277 g/mol. The van der Waals surface area contributed by atoms with Crippen LogP contribution in [-0.2, 0) is 0 Å². The van der Waals surface area contributed by atoms with Gasteiger partial charge in [0, 0.05) is 6.54 Å². The molecule has 3 nitrogen and oxygen atoms in total. The molecule has 114 valence electrons. The van der Waals surface area contributed by atoms with Gasteiger partial charge in [-0.25, -0.2) is 0 Å². The van der Waals surface area contributed by atoms with Crippen LogP contribution in [0, 0.1) is 17.3 Å². The zero-order valence-electron chi connectivity index (χ0n) is 13.5. The average molecular weight is 277 g/mol. The highest BCUT2D eigenvalue weighted by atomic mass is 15.4. The van der Waals surface area contributed by atoms with Crippen LogP contribution >= 0.6 is 0 Å². The second kappa shape index (κ2) is 4.92. The van der Waals surface area contributed by atoms with E-state index in [1.807, 2.05) is 0 Å². The van der Waals surface area contributed by atoms with E-state index in [1.165, 1.54) is 44.9 Å². The van der Waals surface area contributed by atoms with Crippen molar-refractivity contribution in [3.8, 4) is 0 Å². The molecule has 2 aliphatic carbocycles. The summed E-state index contributed by atoms with van der Waals surface area (Å²) in [7, 11) is 0. The fourth-order valence-electron chi connectivity index (χ4n) is 4.14. The molecule has 3 heteroatoms. The molecule has 0 radical (unpaired) electrons. The van der Waals surface area contributed by atoms with E-state index in [0.717, 1.165) is 30.9 Å². The van der Waals surface area contributed by atoms with Gasteiger partial charge in [-0.1, -0.05) is 27.2 Å².